The summed E-state index contributed by atoms with van der Waals surface area (Å²) >= 11 is 0. The minimum Gasteiger partial charge on any atom is -0.384 e. The summed E-state index contributed by atoms with van der Waals surface area (Å²) in [5.41, 5.74) is 7.18. The van der Waals surface area contributed by atoms with Gasteiger partial charge in [0.25, 0.3) is 5.91 Å². The van der Waals surface area contributed by atoms with Crippen molar-refractivity contribution in [2.75, 3.05) is 19.3 Å². The molecule has 20 heavy (non-hydrogen) atoms. The molecule has 4 heteroatoms. The number of carbonyl (C=O) groups excluding carboxylic acids is 1. The Morgan fingerprint density at radius 1 is 1.40 bits per heavy atom. The normalized spacial score (nSPS) is 27.8. The van der Waals surface area contributed by atoms with Crippen molar-refractivity contribution in [2.45, 2.75) is 32.6 Å². The maximum absolute atomic E-state index is 12.5. The van der Waals surface area contributed by atoms with Gasteiger partial charge in [-0.15, -0.1) is 0 Å². The molecular formula is C16H23N3O. The zero-order valence-electron chi connectivity index (χ0n) is 12.3. The van der Waals surface area contributed by atoms with Crippen LogP contribution in [0.4, 0.5) is 5.82 Å². The summed E-state index contributed by atoms with van der Waals surface area (Å²) in [4.78, 5) is 18.5. The molecule has 0 aromatic carbocycles. The van der Waals surface area contributed by atoms with Crippen LogP contribution in [0.25, 0.3) is 0 Å². The number of fused-ring (bicyclic) bond motifs is 2. The molecule has 0 radical (unpaired) electrons. The molecule has 0 saturated heterocycles. The standard InChI is InChI=1S/C16H23N3O/c1-10-5-13(8-15(17)18-10)16(20)19(2)9-14-7-11-3-4-12(14)6-11/h5,8,11-12,14H,3-4,6-7,9H2,1-2H3,(H2,17,18). The number of amides is 1. The summed E-state index contributed by atoms with van der Waals surface area (Å²) in [5, 5.41) is 0. The molecule has 3 atom stereocenters. The maximum Gasteiger partial charge on any atom is 0.253 e. The van der Waals surface area contributed by atoms with Crippen LogP contribution in [0.1, 0.15) is 41.7 Å². The Labute approximate surface area is 120 Å². The van der Waals surface area contributed by atoms with Gasteiger partial charge in [-0.05, 0) is 56.1 Å². The average molecular weight is 273 g/mol. The van der Waals surface area contributed by atoms with Gasteiger partial charge >= 0.3 is 0 Å². The number of nitrogens with zero attached hydrogens (tertiary/aromatic N) is 2. The number of nitrogens with two attached hydrogens (primary N) is 1. The molecule has 1 aromatic heterocycles. The summed E-state index contributed by atoms with van der Waals surface area (Å²) < 4.78 is 0. The summed E-state index contributed by atoms with van der Waals surface area (Å²) in [7, 11) is 1.90. The molecule has 2 fully saturated rings. The Hall–Kier alpha value is -1.58. The van der Waals surface area contributed by atoms with Gasteiger partial charge in [-0.1, -0.05) is 6.42 Å². The number of aryl methyl sites for hydroxylation is 1. The number of anilines is 1. The van der Waals surface area contributed by atoms with Crippen molar-refractivity contribution in [1.29, 1.82) is 0 Å². The summed E-state index contributed by atoms with van der Waals surface area (Å²) in [5.74, 6) is 2.95. The van der Waals surface area contributed by atoms with E-state index in [0.29, 0.717) is 17.3 Å². The molecule has 0 spiro atoms. The monoisotopic (exact) mass is 273 g/mol. The van der Waals surface area contributed by atoms with Crippen molar-refractivity contribution < 1.29 is 4.79 Å². The Kier molecular flexibility index (Phi) is 3.40. The molecule has 2 aliphatic carbocycles. The van der Waals surface area contributed by atoms with Crippen LogP contribution in [0.5, 0.6) is 0 Å². The Morgan fingerprint density at radius 3 is 2.80 bits per heavy atom. The van der Waals surface area contributed by atoms with Gasteiger partial charge in [0.05, 0.1) is 0 Å². The molecule has 2 aliphatic rings. The topological polar surface area (TPSA) is 59.2 Å². The number of nitrogen functional groups attached to an aromatic ring is 1. The summed E-state index contributed by atoms with van der Waals surface area (Å²) in [6, 6.07) is 3.49. The van der Waals surface area contributed by atoms with E-state index in [4.69, 9.17) is 5.73 Å². The molecule has 2 N–H and O–H groups in total. The lowest BCUT2D eigenvalue weighted by Crippen LogP contribution is -2.33. The number of pyridine rings is 1. The van der Waals surface area contributed by atoms with Crippen molar-refractivity contribution in [1.82, 2.24) is 9.88 Å². The predicted molar refractivity (Wildman–Crippen MR) is 79.3 cm³/mol. The highest BCUT2D eigenvalue weighted by molar-refractivity contribution is 5.94. The van der Waals surface area contributed by atoms with Crippen LogP contribution in [-0.4, -0.2) is 29.4 Å². The fourth-order valence-corrected chi connectivity index (χ4v) is 4.07. The molecular weight excluding hydrogens is 250 g/mol. The van der Waals surface area contributed by atoms with Gasteiger partial charge < -0.3 is 10.6 Å². The first-order valence-corrected chi connectivity index (χ1v) is 7.52. The van der Waals surface area contributed by atoms with Gasteiger partial charge in [0.2, 0.25) is 0 Å². The lowest BCUT2D eigenvalue weighted by Gasteiger charge is -2.27. The first kappa shape index (κ1) is 13.4. The molecule has 2 bridgehead atoms. The molecule has 0 aliphatic heterocycles. The molecule has 1 aromatic rings. The second-order valence-corrected chi connectivity index (χ2v) is 6.54. The number of rotatable bonds is 3. The van der Waals surface area contributed by atoms with Crippen LogP contribution < -0.4 is 5.73 Å². The smallest absolute Gasteiger partial charge is 0.253 e. The molecule has 1 amide bonds. The van der Waals surface area contributed by atoms with Crippen molar-refractivity contribution in [2.24, 2.45) is 17.8 Å². The minimum atomic E-state index is 0.0602. The van der Waals surface area contributed by atoms with Crippen molar-refractivity contribution >= 4 is 11.7 Å². The van der Waals surface area contributed by atoms with E-state index in [9.17, 15) is 4.79 Å². The number of hydrogen-bond donors (Lipinski definition) is 1. The van der Waals surface area contributed by atoms with E-state index < -0.39 is 0 Å². The second kappa shape index (κ2) is 5.08. The summed E-state index contributed by atoms with van der Waals surface area (Å²) in [6.07, 6.45) is 5.45. The fraction of sp³-hybridized carbons (Fsp3) is 0.625. The number of hydrogen-bond acceptors (Lipinski definition) is 3. The quantitative estimate of drug-likeness (QED) is 0.920. The zero-order valence-corrected chi connectivity index (χ0v) is 12.3. The van der Waals surface area contributed by atoms with Gasteiger partial charge in [0.15, 0.2) is 0 Å². The number of carbonyl (C=O) groups is 1. The highest BCUT2D eigenvalue weighted by Gasteiger charge is 2.40. The van der Waals surface area contributed by atoms with Gasteiger partial charge in [0.1, 0.15) is 5.82 Å². The zero-order chi connectivity index (χ0) is 14.3. The van der Waals surface area contributed by atoms with Crippen LogP contribution >= 0.6 is 0 Å². The van der Waals surface area contributed by atoms with Crippen LogP contribution in [0.3, 0.4) is 0 Å². The Morgan fingerprint density at radius 2 is 2.20 bits per heavy atom. The van der Waals surface area contributed by atoms with E-state index in [1.165, 1.54) is 25.7 Å². The van der Waals surface area contributed by atoms with E-state index >= 15 is 0 Å². The SMILES string of the molecule is Cc1cc(C(=O)N(C)CC2CC3CCC2C3)cc(N)n1. The largest absolute Gasteiger partial charge is 0.384 e. The van der Waals surface area contributed by atoms with E-state index in [0.717, 1.165) is 24.1 Å². The van der Waals surface area contributed by atoms with E-state index in [1.807, 2.05) is 24.9 Å². The van der Waals surface area contributed by atoms with Gasteiger partial charge in [-0.3, -0.25) is 4.79 Å². The molecule has 2 saturated carbocycles. The molecule has 3 rings (SSSR count). The lowest BCUT2D eigenvalue weighted by atomic mass is 9.88. The molecule has 1 heterocycles. The van der Waals surface area contributed by atoms with Crippen LogP contribution in [0, 0.1) is 24.7 Å². The minimum absolute atomic E-state index is 0.0602. The van der Waals surface area contributed by atoms with Crippen molar-refractivity contribution in [3.63, 3.8) is 0 Å². The predicted octanol–water partition coefficient (Wildman–Crippen LogP) is 2.48. The first-order chi connectivity index (χ1) is 9.52. The van der Waals surface area contributed by atoms with Crippen molar-refractivity contribution in [3.8, 4) is 0 Å². The summed E-state index contributed by atoms with van der Waals surface area (Å²) in [6.45, 7) is 2.74. The van der Waals surface area contributed by atoms with E-state index in [2.05, 4.69) is 4.98 Å². The molecule has 3 unspecified atom stereocenters. The third kappa shape index (κ3) is 2.51. The highest BCUT2D eigenvalue weighted by atomic mass is 16.2. The number of aromatic nitrogens is 1. The lowest BCUT2D eigenvalue weighted by molar-refractivity contribution is 0.0754. The third-order valence-electron chi connectivity index (χ3n) is 4.96. The third-order valence-corrected chi connectivity index (χ3v) is 4.96. The average Bonchev–Trinajstić information content (AvgIpc) is 2.98. The second-order valence-electron chi connectivity index (χ2n) is 6.54. The van der Waals surface area contributed by atoms with Crippen molar-refractivity contribution in [3.05, 3.63) is 23.4 Å². The van der Waals surface area contributed by atoms with Gasteiger partial charge in [0, 0.05) is 24.8 Å². The highest BCUT2D eigenvalue weighted by Crippen LogP contribution is 2.48. The Bertz CT molecular complexity index is 508. The van der Waals surface area contributed by atoms with Crippen LogP contribution in [0.2, 0.25) is 0 Å². The van der Waals surface area contributed by atoms with Crippen LogP contribution in [0.15, 0.2) is 12.1 Å². The van der Waals surface area contributed by atoms with Gasteiger partial charge in [-0.2, -0.15) is 0 Å². The van der Waals surface area contributed by atoms with E-state index in [-0.39, 0.29) is 5.91 Å². The van der Waals surface area contributed by atoms with Crippen LogP contribution in [-0.2, 0) is 0 Å². The Balaban J connectivity index is 1.67. The maximum atomic E-state index is 12.5. The van der Waals surface area contributed by atoms with Gasteiger partial charge in [-0.25, -0.2) is 4.98 Å². The van der Waals surface area contributed by atoms with E-state index in [1.54, 1.807) is 6.07 Å². The fourth-order valence-electron chi connectivity index (χ4n) is 4.07. The molecule has 4 nitrogen and oxygen atoms in total. The molecule has 108 valence electrons. The first-order valence-electron chi connectivity index (χ1n) is 7.52.